The number of pyridine rings is 1. The van der Waals surface area contributed by atoms with E-state index in [4.69, 9.17) is 16.0 Å². The first-order valence-corrected chi connectivity index (χ1v) is 11.6. The van der Waals surface area contributed by atoms with Gasteiger partial charge >= 0.3 is 0 Å². The summed E-state index contributed by atoms with van der Waals surface area (Å²) in [7, 11) is 0. The molecule has 1 aromatic carbocycles. The first kappa shape index (κ1) is 18.4. The number of nitrogens with zero attached hydrogens (tertiary/aromatic N) is 5. The van der Waals surface area contributed by atoms with E-state index >= 15 is 0 Å². The van der Waals surface area contributed by atoms with Crippen molar-refractivity contribution in [1.29, 1.82) is 0 Å². The molecular formula is C22H21ClN6S. The van der Waals surface area contributed by atoms with Crippen molar-refractivity contribution in [3.63, 3.8) is 0 Å². The van der Waals surface area contributed by atoms with E-state index in [-0.39, 0.29) is 0 Å². The van der Waals surface area contributed by atoms with Gasteiger partial charge in [-0.1, -0.05) is 11.6 Å². The predicted octanol–water partition coefficient (Wildman–Crippen LogP) is 4.97. The number of aromatic nitrogens is 5. The lowest BCUT2D eigenvalue weighted by molar-refractivity contribution is 0.380. The number of halogens is 1. The van der Waals surface area contributed by atoms with Crippen LogP contribution in [0.25, 0.3) is 15.8 Å². The number of nitrogens with one attached hydrogen (secondary N) is 1. The molecule has 2 aliphatic rings. The highest BCUT2D eigenvalue weighted by atomic mass is 35.5. The van der Waals surface area contributed by atoms with Gasteiger partial charge in [0.15, 0.2) is 5.82 Å². The highest BCUT2D eigenvalue weighted by Crippen LogP contribution is 2.43. The lowest BCUT2D eigenvalue weighted by atomic mass is 9.79. The summed E-state index contributed by atoms with van der Waals surface area (Å²) in [5.41, 5.74) is 3.60. The van der Waals surface area contributed by atoms with Gasteiger partial charge in [-0.15, -0.1) is 10.2 Å². The smallest absolute Gasteiger partial charge is 0.151 e. The Morgan fingerprint density at radius 3 is 2.80 bits per heavy atom. The van der Waals surface area contributed by atoms with Gasteiger partial charge in [0.05, 0.1) is 22.6 Å². The molecule has 0 saturated heterocycles. The topological polar surface area (TPSA) is 68.5 Å². The fraction of sp³-hybridized carbons (Fsp3) is 0.364. The summed E-state index contributed by atoms with van der Waals surface area (Å²) in [5, 5.41) is 14.6. The molecule has 0 atom stereocenters. The van der Waals surface area contributed by atoms with Gasteiger partial charge in [0, 0.05) is 41.2 Å². The number of rotatable bonds is 2. The van der Waals surface area contributed by atoms with Crippen LogP contribution in [0.4, 0.5) is 0 Å². The van der Waals surface area contributed by atoms with Crippen molar-refractivity contribution in [2.75, 3.05) is 0 Å². The summed E-state index contributed by atoms with van der Waals surface area (Å²) < 4.78 is 8.22. The van der Waals surface area contributed by atoms with Crippen LogP contribution in [-0.2, 0) is 13.1 Å². The summed E-state index contributed by atoms with van der Waals surface area (Å²) in [6.45, 7) is 1.50. The van der Waals surface area contributed by atoms with Crippen LogP contribution in [-0.4, -0.2) is 24.1 Å². The highest BCUT2D eigenvalue weighted by molar-refractivity contribution is 7.13. The molecule has 1 fully saturated rings. The zero-order valence-electron chi connectivity index (χ0n) is 16.4. The van der Waals surface area contributed by atoms with Gasteiger partial charge in [0.2, 0.25) is 0 Å². The molecule has 1 N–H and O–H groups in total. The minimum absolute atomic E-state index is 0.413. The van der Waals surface area contributed by atoms with Crippen LogP contribution < -0.4 is 5.32 Å². The lowest BCUT2D eigenvalue weighted by Crippen LogP contribution is -2.17. The van der Waals surface area contributed by atoms with Crippen LogP contribution in [0.5, 0.6) is 0 Å². The molecule has 1 aliphatic carbocycles. The molecule has 152 valence electrons. The molecule has 30 heavy (non-hydrogen) atoms. The van der Waals surface area contributed by atoms with Crippen LogP contribution >= 0.6 is 23.1 Å². The molecule has 0 bridgehead atoms. The second-order valence-electron chi connectivity index (χ2n) is 8.17. The number of hydrogen-bond donors (Lipinski definition) is 1. The number of fused-ring (bicyclic) bond motifs is 4. The second kappa shape index (κ2) is 7.41. The average Bonchev–Trinajstić information content (AvgIpc) is 3.34. The molecule has 4 aromatic rings. The zero-order valence-corrected chi connectivity index (χ0v) is 18.0. The summed E-state index contributed by atoms with van der Waals surface area (Å²) in [6, 6.07) is 8.20. The van der Waals surface area contributed by atoms with Crippen LogP contribution in [0.3, 0.4) is 0 Å². The van der Waals surface area contributed by atoms with Gasteiger partial charge < -0.3 is 5.32 Å². The van der Waals surface area contributed by atoms with Gasteiger partial charge in [-0.05, 0) is 67.0 Å². The Morgan fingerprint density at radius 2 is 1.90 bits per heavy atom. The minimum Gasteiger partial charge on any atom is -0.306 e. The Bertz CT molecular complexity index is 1220. The maximum absolute atomic E-state index is 6.25. The Morgan fingerprint density at radius 1 is 1.03 bits per heavy atom. The van der Waals surface area contributed by atoms with Crippen molar-refractivity contribution < 1.29 is 0 Å². The molecule has 1 saturated carbocycles. The lowest BCUT2D eigenvalue weighted by Gasteiger charge is -2.27. The summed E-state index contributed by atoms with van der Waals surface area (Å²) in [5.74, 6) is 2.99. The number of hydrogen-bond acceptors (Lipinski definition) is 6. The minimum atomic E-state index is 0.413. The first-order chi connectivity index (χ1) is 14.8. The van der Waals surface area contributed by atoms with Crippen LogP contribution in [0.1, 0.15) is 60.4 Å². The van der Waals surface area contributed by atoms with Gasteiger partial charge in [-0.25, -0.2) is 0 Å². The zero-order chi connectivity index (χ0) is 20.1. The first-order valence-electron chi connectivity index (χ1n) is 10.4. The largest absolute Gasteiger partial charge is 0.306 e. The third-order valence-electron chi connectivity index (χ3n) is 6.42. The van der Waals surface area contributed by atoms with E-state index in [1.165, 1.54) is 21.3 Å². The van der Waals surface area contributed by atoms with Gasteiger partial charge in [-0.2, -0.15) is 4.37 Å². The standard InChI is InChI=1S/C22H21ClN6S/c23-16-5-6-18-15(9-16)10-25-12-20-26-27-22(29(18)20)14-3-1-13(2-4-14)21-17-7-8-24-11-19(17)30-28-21/h5-9,11,13-14,25H,1-4,10,12H2. The molecule has 1 aliphatic heterocycles. The summed E-state index contributed by atoms with van der Waals surface area (Å²) >= 11 is 7.81. The predicted molar refractivity (Wildman–Crippen MR) is 118 cm³/mol. The van der Waals surface area contributed by atoms with E-state index in [1.54, 1.807) is 11.5 Å². The molecule has 4 heterocycles. The SMILES string of the molecule is Clc1ccc2c(c1)CNCc1nnc(C3CCC(c4nsc5cnccc45)CC3)n1-2. The van der Waals surface area contributed by atoms with Gasteiger partial charge in [-0.3, -0.25) is 9.55 Å². The molecule has 0 radical (unpaired) electrons. The fourth-order valence-corrected chi connectivity index (χ4v) is 5.94. The highest BCUT2D eigenvalue weighted by Gasteiger charge is 2.31. The normalized spacial score (nSPS) is 21.2. The summed E-state index contributed by atoms with van der Waals surface area (Å²) in [6.07, 6.45) is 8.24. The molecule has 6 rings (SSSR count). The molecular weight excluding hydrogens is 416 g/mol. The van der Waals surface area contributed by atoms with Crippen molar-refractivity contribution in [1.82, 2.24) is 29.4 Å². The monoisotopic (exact) mass is 436 g/mol. The van der Waals surface area contributed by atoms with E-state index in [9.17, 15) is 0 Å². The van der Waals surface area contributed by atoms with Crippen molar-refractivity contribution in [3.05, 3.63) is 64.6 Å². The second-order valence-corrected chi connectivity index (χ2v) is 9.42. The van der Waals surface area contributed by atoms with Crippen LogP contribution in [0, 0.1) is 0 Å². The van der Waals surface area contributed by atoms with Crippen molar-refractivity contribution >= 4 is 33.2 Å². The Labute approximate surface area is 183 Å². The van der Waals surface area contributed by atoms with Crippen molar-refractivity contribution in [2.24, 2.45) is 0 Å². The average molecular weight is 437 g/mol. The Balaban J connectivity index is 1.29. The van der Waals surface area contributed by atoms with Crippen LogP contribution in [0.15, 0.2) is 36.7 Å². The maximum Gasteiger partial charge on any atom is 0.151 e. The van der Waals surface area contributed by atoms with E-state index in [0.29, 0.717) is 18.4 Å². The molecule has 0 spiro atoms. The molecule has 8 heteroatoms. The fourth-order valence-electron chi connectivity index (χ4n) is 4.93. The van der Waals surface area contributed by atoms with Gasteiger partial charge in [0.25, 0.3) is 0 Å². The maximum atomic E-state index is 6.25. The third-order valence-corrected chi connectivity index (χ3v) is 7.46. The summed E-state index contributed by atoms with van der Waals surface area (Å²) in [4.78, 5) is 4.23. The molecule has 6 nitrogen and oxygen atoms in total. The van der Waals surface area contributed by atoms with E-state index < -0.39 is 0 Å². The van der Waals surface area contributed by atoms with E-state index in [1.807, 2.05) is 24.5 Å². The molecule has 0 unspecified atom stereocenters. The van der Waals surface area contributed by atoms with Crippen molar-refractivity contribution in [2.45, 2.75) is 50.6 Å². The van der Waals surface area contributed by atoms with Gasteiger partial charge in [0.1, 0.15) is 5.82 Å². The molecule has 0 amide bonds. The Hall–Kier alpha value is -2.35. The molecule has 3 aromatic heterocycles. The van der Waals surface area contributed by atoms with E-state index in [0.717, 1.165) is 54.6 Å². The third kappa shape index (κ3) is 3.04. The number of benzene rings is 1. The van der Waals surface area contributed by atoms with Crippen LogP contribution in [0.2, 0.25) is 5.02 Å². The Kier molecular flexibility index (Phi) is 4.55. The van der Waals surface area contributed by atoms with E-state index in [2.05, 4.69) is 37.2 Å². The quantitative estimate of drug-likeness (QED) is 0.480. The van der Waals surface area contributed by atoms with Crippen molar-refractivity contribution in [3.8, 4) is 5.69 Å².